The number of pyridine rings is 1. The molecule has 2 saturated heterocycles. The van der Waals surface area contributed by atoms with E-state index in [1.54, 1.807) is 25.3 Å². The van der Waals surface area contributed by atoms with Gasteiger partial charge in [0, 0.05) is 50.3 Å². The van der Waals surface area contributed by atoms with Crippen LogP contribution in [0.1, 0.15) is 30.0 Å². The Kier molecular flexibility index (Phi) is 6.31. The summed E-state index contributed by atoms with van der Waals surface area (Å²) in [6.07, 6.45) is 3.02. The van der Waals surface area contributed by atoms with E-state index in [0.717, 1.165) is 17.7 Å². The van der Waals surface area contributed by atoms with Crippen molar-refractivity contribution in [3.63, 3.8) is 0 Å². The number of nitrogens with zero attached hydrogens (tertiary/aromatic N) is 3. The number of carbonyl (C=O) groups is 2. The van der Waals surface area contributed by atoms with Gasteiger partial charge in [0.2, 0.25) is 5.91 Å². The van der Waals surface area contributed by atoms with Crippen LogP contribution in [0.3, 0.4) is 0 Å². The van der Waals surface area contributed by atoms with Crippen LogP contribution in [0, 0.1) is 5.92 Å². The minimum absolute atomic E-state index is 0.0206. The minimum atomic E-state index is -0.172. The molecule has 2 aromatic rings. The number of benzene rings is 1. The van der Waals surface area contributed by atoms with Gasteiger partial charge in [-0.2, -0.15) is 0 Å². The molecule has 0 N–H and O–H groups in total. The number of hydrogen-bond acceptors (Lipinski definition) is 6. The number of carbonyl (C=O) groups excluding carboxylic acids is 2. The molecule has 4 heterocycles. The molecule has 34 heavy (non-hydrogen) atoms. The maximum absolute atomic E-state index is 13.1. The molecule has 0 saturated carbocycles. The zero-order chi connectivity index (χ0) is 23.8. The SMILES string of the molecule is COc1cccc(/C=C2/SC(=S)N(CCC(=O)N3CC4C[C@H](C3)Cn3c4cccc3=O)C2=O)c1. The van der Waals surface area contributed by atoms with Crippen molar-refractivity contribution in [2.24, 2.45) is 5.92 Å². The molecule has 5 rings (SSSR count). The third-order valence-corrected chi connectivity index (χ3v) is 8.02. The van der Waals surface area contributed by atoms with Gasteiger partial charge in [-0.1, -0.05) is 42.2 Å². The molecule has 7 nitrogen and oxygen atoms in total. The van der Waals surface area contributed by atoms with Gasteiger partial charge in [0.25, 0.3) is 11.5 Å². The van der Waals surface area contributed by atoms with Crippen LogP contribution in [0.2, 0.25) is 0 Å². The number of methoxy groups -OCH3 is 1. The summed E-state index contributed by atoms with van der Waals surface area (Å²) in [5.74, 6) is 1.01. The van der Waals surface area contributed by atoms with Crippen molar-refractivity contribution in [2.45, 2.75) is 25.3 Å². The van der Waals surface area contributed by atoms with Gasteiger partial charge in [0.05, 0.1) is 12.0 Å². The molecule has 2 atom stereocenters. The quantitative estimate of drug-likeness (QED) is 0.469. The number of amides is 2. The number of piperidine rings is 1. The van der Waals surface area contributed by atoms with Crippen molar-refractivity contribution >= 4 is 46.2 Å². The van der Waals surface area contributed by atoms with Crippen LogP contribution in [-0.2, 0) is 16.1 Å². The van der Waals surface area contributed by atoms with E-state index in [-0.39, 0.29) is 42.2 Å². The first-order valence-electron chi connectivity index (χ1n) is 11.3. The highest BCUT2D eigenvalue weighted by molar-refractivity contribution is 8.26. The summed E-state index contributed by atoms with van der Waals surface area (Å²) in [4.78, 5) is 42.2. The van der Waals surface area contributed by atoms with E-state index in [2.05, 4.69) is 0 Å². The molecule has 1 aromatic heterocycles. The van der Waals surface area contributed by atoms with Gasteiger partial charge in [-0.05, 0) is 42.2 Å². The van der Waals surface area contributed by atoms with Crippen molar-refractivity contribution in [1.29, 1.82) is 0 Å². The van der Waals surface area contributed by atoms with E-state index in [0.29, 0.717) is 34.6 Å². The van der Waals surface area contributed by atoms with E-state index in [1.165, 1.54) is 16.7 Å². The second-order valence-corrected chi connectivity index (χ2v) is 10.5. The molecule has 2 bridgehead atoms. The van der Waals surface area contributed by atoms with Gasteiger partial charge < -0.3 is 14.2 Å². The van der Waals surface area contributed by atoms with Gasteiger partial charge in [-0.15, -0.1) is 0 Å². The highest BCUT2D eigenvalue weighted by Gasteiger charge is 2.37. The summed E-state index contributed by atoms with van der Waals surface area (Å²) in [6.45, 7) is 2.16. The lowest BCUT2D eigenvalue weighted by molar-refractivity contribution is -0.134. The average molecular weight is 496 g/mol. The maximum Gasteiger partial charge on any atom is 0.266 e. The van der Waals surface area contributed by atoms with E-state index >= 15 is 0 Å². The standard InChI is InChI=1S/C25H25N3O4S2/c1-32-19-5-2-4-16(11-19)12-21-24(31)27(25(33)34-21)9-8-22(29)26-13-17-10-18(15-26)20-6-3-7-23(30)28(20)14-17/h2-7,11-12,17-18H,8-10,13-15H2,1H3/b21-12+/t17-,18?/m1/s1. The number of ether oxygens (including phenoxy) is 1. The minimum Gasteiger partial charge on any atom is -0.497 e. The zero-order valence-electron chi connectivity index (χ0n) is 18.8. The molecule has 176 valence electrons. The number of likely N-dealkylation sites (tertiary alicyclic amines) is 1. The topological polar surface area (TPSA) is 71.8 Å². The molecule has 2 fully saturated rings. The van der Waals surface area contributed by atoms with E-state index in [1.807, 2.05) is 39.8 Å². The lowest BCUT2D eigenvalue weighted by Crippen LogP contribution is -2.49. The molecule has 3 aliphatic rings. The Morgan fingerprint density at radius 2 is 2.00 bits per heavy atom. The Labute approximate surface area is 207 Å². The molecular weight excluding hydrogens is 470 g/mol. The van der Waals surface area contributed by atoms with Crippen LogP contribution in [-0.4, -0.2) is 57.2 Å². The number of fused-ring (bicyclic) bond motifs is 4. The first kappa shape index (κ1) is 22.9. The summed E-state index contributed by atoms with van der Waals surface area (Å²) in [7, 11) is 1.60. The van der Waals surface area contributed by atoms with Crippen LogP contribution < -0.4 is 10.3 Å². The van der Waals surface area contributed by atoms with Crippen molar-refractivity contribution in [2.75, 3.05) is 26.7 Å². The highest BCUT2D eigenvalue weighted by Crippen LogP contribution is 2.36. The van der Waals surface area contributed by atoms with Gasteiger partial charge in [0.15, 0.2) is 0 Å². The lowest BCUT2D eigenvalue weighted by atomic mass is 9.83. The third kappa shape index (κ3) is 4.42. The van der Waals surface area contributed by atoms with Crippen molar-refractivity contribution in [3.8, 4) is 5.75 Å². The Bertz CT molecular complexity index is 1250. The van der Waals surface area contributed by atoms with Crippen LogP contribution in [0.15, 0.2) is 52.2 Å². The Hall–Kier alpha value is -2.91. The van der Waals surface area contributed by atoms with Gasteiger partial charge in [-0.3, -0.25) is 19.3 Å². The van der Waals surface area contributed by atoms with E-state index in [9.17, 15) is 14.4 Å². The average Bonchev–Trinajstić information content (AvgIpc) is 3.10. The zero-order valence-corrected chi connectivity index (χ0v) is 20.4. The summed E-state index contributed by atoms with van der Waals surface area (Å²) in [5, 5.41) is 0. The number of thiocarbonyl (C=S) groups is 1. The Morgan fingerprint density at radius 1 is 1.18 bits per heavy atom. The van der Waals surface area contributed by atoms with Crippen LogP contribution in [0.4, 0.5) is 0 Å². The fourth-order valence-corrected chi connectivity index (χ4v) is 6.35. The smallest absolute Gasteiger partial charge is 0.266 e. The molecular formula is C25H25N3O4S2. The van der Waals surface area contributed by atoms with Crippen molar-refractivity contribution < 1.29 is 14.3 Å². The van der Waals surface area contributed by atoms with E-state index < -0.39 is 0 Å². The number of thioether (sulfide) groups is 1. The molecule has 0 spiro atoms. The van der Waals surface area contributed by atoms with Gasteiger partial charge in [0.1, 0.15) is 10.1 Å². The Balaban J connectivity index is 1.23. The molecule has 1 unspecified atom stereocenters. The Morgan fingerprint density at radius 3 is 2.82 bits per heavy atom. The first-order chi connectivity index (χ1) is 16.4. The van der Waals surface area contributed by atoms with Crippen LogP contribution >= 0.6 is 24.0 Å². The lowest BCUT2D eigenvalue weighted by Gasteiger charge is -2.42. The third-order valence-electron chi connectivity index (χ3n) is 6.65. The largest absolute Gasteiger partial charge is 0.497 e. The molecule has 0 aliphatic carbocycles. The number of rotatable bonds is 5. The first-order valence-corrected chi connectivity index (χ1v) is 12.5. The van der Waals surface area contributed by atoms with Crippen LogP contribution in [0.25, 0.3) is 6.08 Å². The monoisotopic (exact) mass is 495 g/mol. The molecule has 2 amide bonds. The van der Waals surface area contributed by atoms with Crippen LogP contribution in [0.5, 0.6) is 5.75 Å². The molecule has 1 aromatic carbocycles. The summed E-state index contributed by atoms with van der Waals surface area (Å²) in [6, 6.07) is 12.9. The van der Waals surface area contributed by atoms with Gasteiger partial charge in [-0.25, -0.2) is 0 Å². The van der Waals surface area contributed by atoms with Gasteiger partial charge >= 0.3 is 0 Å². The molecule has 3 aliphatic heterocycles. The fraction of sp³-hybridized carbons (Fsp3) is 0.360. The maximum atomic E-state index is 13.1. The van der Waals surface area contributed by atoms with E-state index in [4.69, 9.17) is 17.0 Å². The number of aromatic nitrogens is 1. The second-order valence-electron chi connectivity index (χ2n) is 8.86. The second kappa shape index (κ2) is 9.38. The fourth-order valence-electron chi connectivity index (χ4n) is 5.04. The van der Waals surface area contributed by atoms with Crippen molar-refractivity contribution in [3.05, 3.63) is 69.0 Å². The predicted octanol–water partition coefficient (Wildman–Crippen LogP) is 3.09. The predicted molar refractivity (Wildman–Crippen MR) is 136 cm³/mol. The normalized spacial score (nSPS) is 22.8. The highest BCUT2D eigenvalue weighted by atomic mass is 32.2. The summed E-state index contributed by atoms with van der Waals surface area (Å²) in [5.41, 5.74) is 1.90. The molecule has 0 radical (unpaired) electrons. The number of hydrogen-bond donors (Lipinski definition) is 0. The summed E-state index contributed by atoms with van der Waals surface area (Å²) >= 11 is 6.69. The van der Waals surface area contributed by atoms with Crippen molar-refractivity contribution in [1.82, 2.24) is 14.4 Å². The summed E-state index contributed by atoms with van der Waals surface area (Å²) < 4.78 is 7.57. The molecule has 9 heteroatoms.